The molecule has 0 saturated heterocycles. The van der Waals surface area contributed by atoms with Gasteiger partial charge in [-0.3, -0.25) is 0 Å². The van der Waals surface area contributed by atoms with Crippen molar-refractivity contribution in [2.45, 2.75) is 6.42 Å². The van der Waals surface area contributed by atoms with Gasteiger partial charge in [-0.15, -0.1) is 0 Å². The molecule has 0 saturated carbocycles. The highest BCUT2D eigenvalue weighted by molar-refractivity contribution is 6.99. The van der Waals surface area contributed by atoms with Crippen LogP contribution in [0.4, 0.5) is 11.5 Å². The van der Waals surface area contributed by atoms with E-state index in [4.69, 9.17) is 16.9 Å². The van der Waals surface area contributed by atoms with E-state index in [1.165, 1.54) is 0 Å². The van der Waals surface area contributed by atoms with Crippen LogP contribution in [0, 0.1) is 11.3 Å². The van der Waals surface area contributed by atoms with Crippen molar-refractivity contribution in [2.75, 3.05) is 11.4 Å². The van der Waals surface area contributed by atoms with Gasteiger partial charge in [0.25, 0.3) is 0 Å². The second-order valence-corrected chi connectivity index (χ2v) is 4.16. The topological polar surface area (TPSA) is 52.8 Å². The van der Waals surface area contributed by atoms with Gasteiger partial charge < -0.3 is 4.90 Å². The number of anilines is 2. The van der Waals surface area contributed by atoms with Gasteiger partial charge in [0.1, 0.15) is 0 Å². The molecule has 0 N–H and O–H groups in total. The van der Waals surface area contributed by atoms with Crippen LogP contribution in [0.3, 0.4) is 0 Å². The molecule has 1 aromatic heterocycles. The molecule has 0 amide bonds. The minimum Gasteiger partial charge on any atom is -0.322 e. The molecule has 0 unspecified atom stereocenters. The van der Waals surface area contributed by atoms with Crippen molar-refractivity contribution in [2.24, 2.45) is 0 Å². The number of nitrogens with zero attached hydrogens (tertiary/aromatic N) is 4. The van der Waals surface area contributed by atoms with Crippen LogP contribution in [-0.2, 0) is 0 Å². The Labute approximate surface area is 108 Å². The van der Waals surface area contributed by atoms with Gasteiger partial charge >= 0.3 is 0 Å². The van der Waals surface area contributed by atoms with E-state index in [0.717, 1.165) is 17.4 Å². The van der Waals surface area contributed by atoms with Crippen molar-refractivity contribution >= 4 is 34.8 Å². The molecule has 0 aliphatic rings. The van der Waals surface area contributed by atoms with Gasteiger partial charge in [0.15, 0.2) is 11.0 Å². The molecular weight excluding hydrogens is 256 g/mol. The Kier molecular flexibility index (Phi) is 3.91. The Balaban J connectivity index is 2.33. The van der Waals surface area contributed by atoms with E-state index in [9.17, 15) is 0 Å². The highest BCUT2D eigenvalue weighted by Crippen LogP contribution is 2.29. The number of nitriles is 1. The van der Waals surface area contributed by atoms with E-state index >= 15 is 0 Å². The first kappa shape index (κ1) is 11.8. The first-order valence-corrected chi connectivity index (χ1v) is 6.11. The van der Waals surface area contributed by atoms with Gasteiger partial charge in [-0.25, -0.2) is 0 Å². The number of aromatic nitrogens is 2. The van der Waals surface area contributed by atoms with Gasteiger partial charge in [0.05, 0.1) is 24.2 Å². The summed E-state index contributed by atoms with van der Waals surface area (Å²) in [7, 11) is 0. The van der Waals surface area contributed by atoms with Crippen molar-refractivity contribution in [3.8, 4) is 6.07 Å². The van der Waals surface area contributed by atoms with E-state index in [2.05, 4.69) is 14.8 Å². The van der Waals surface area contributed by atoms with Gasteiger partial charge in [-0.2, -0.15) is 14.0 Å². The third-order valence-corrected chi connectivity index (χ3v) is 3.08. The standard InChI is InChI=1S/C11H9ClN4S/c12-10-11(15-17-14-10)16(8-4-7-13)9-5-2-1-3-6-9/h1-3,5-6H,4,8H2. The predicted octanol–water partition coefficient (Wildman–Crippen LogP) is 3.24. The van der Waals surface area contributed by atoms with Crippen molar-refractivity contribution in [3.05, 3.63) is 35.5 Å². The Morgan fingerprint density at radius 1 is 1.29 bits per heavy atom. The molecule has 0 aliphatic carbocycles. The normalized spacial score (nSPS) is 9.88. The van der Waals surface area contributed by atoms with Crippen LogP contribution >= 0.6 is 23.3 Å². The molecule has 0 radical (unpaired) electrons. The molecule has 2 aromatic rings. The van der Waals surface area contributed by atoms with Crippen molar-refractivity contribution in [1.82, 2.24) is 8.75 Å². The summed E-state index contributed by atoms with van der Waals surface area (Å²) in [6, 6.07) is 11.8. The largest absolute Gasteiger partial charge is 0.322 e. The molecule has 0 fully saturated rings. The summed E-state index contributed by atoms with van der Waals surface area (Å²) >= 11 is 7.04. The minimum absolute atomic E-state index is 0.372. The molecule has 17 heavy (non-hydrogen) atoms. The molecule has 1 aromatic carbocycles. The molecule has 4 nitrogen and oxygen atoms in total. The van der Waals surface area contributed by atoms with Crippen LogP contribution in [0.5, 0.6) is 0 Å². The third-order valence-electron chi connectivity index (χ3n) is 2.20. The monoisotopic (exact) mass is 264 g/mol. The predicted molar refractivity (Wildman–Crippen MR) is 68.6 cm³/mol. The Morgan fingerprint density at radius 2 is 2.06 bits per heavy atom. The first-order chi connectivity index (χ1) is 8.33. The van der Waals surface area contributed by atoms with Crippen LogP contribution in [-0.4, -0.2) is 15.3 Å². The summed E-state index contributed by atoms with van der Waals surface area (Å²) in [6.07, 6.45) is 0.406. The molecular formula is C11H9ClN4S. The molecule has 0 spiro atoms. The lowest BCUT2D eigenvalue weighted by Crippen LogP contribution is -2.18. The van der Waals surface area contributed by atoms with Crippen LogP contribution in [0.15, 0.2) is 30.3 Å². The molecule has 86 valence electrons. The van der Waals surface area contributed by atoms with E-state index in [1.807, 2.05) is 35.2 Å². The summed E-state index contributed by atoms with van der Waals surface area (Å²) in [4.78, 5) is 1.90. The van der Waals surface area contributed by atoms with E-state index in [0.29, 0.717) is 23.9 Å². The van der Waals surface area contributed by atoms with Gasteiger partial charge in [-0.05, 0) is 12.1 Å². The maximum Gasteiger partial charge on any atom is 0.187 e. The SMILES string of the molecule is N#CCCN(c1ccccc1)c1nsnc1Cl. The maximum atomic E-state index is 8.69. The van der Waals surface area contributed by atoms with Gasteiger partial charge in [-0.1, -0.05) is 29.8 Å². The number of halogens is 1. The van der Waals surface area contributed by atoms with Crippen LogP contribution < -0.4 is 4.90 Å². The smallest absolute Gasteiger partial charge is 0.187 e. The number of para-hydroxylation sites is 1. The second kappa shape index (κ2) is 5.62. The number of hydrogen-bond acceptors (Lipinski definition) is 5. The Hall–Kier alpha value is -1.64. The van der Waals surface area contributed by atoms with Crippen molar-refractivity contribution in [3.63, 3.8) is 0 Å². The lowest BCUT2D eigenvalue weighted by atomic mass is 10.2. The Morgan fingerprint density at radius 3 is 2.65 bits per heavy atom. The molecule has 0 atom stereocenters. The van der Waals surface area contributed by atoms with E-state index < -0.39 is 0 Å². The zero-order chi connectivity index (χ0) is 12.1. The van der Waals surface area contributed by atoms with E-state index in [1.54, 1.807) is 0 Å². The Bertz CT molecular complexity index is 520. The van der Waals surface area contributed by atoms with Gasteiger partial charge in [0, 0.05) is 12.2 Å². The van der Waals surface area contributed by atoms with Gasteiger partial charge in [0.2, 0.25) is 0 Å². The minimum atomic E-state index is 0.372. The average Bonchev–Trinajstić information content (AvgIpc) is 2.78. The quantitative estimate of drug-likeness (QED) is 0.851. The zero-order valence-corrected chi connectivity index (χ0v) is 10.4. The summed E-state index contributed by atoms with van der Waals surface area (Å²) in [6.45, 7) is 0.547. The van der Waals surface area contributed by atoms with Crippen LogP contribution in [0.1, 0.15) is 6.42 Å². The lowest BCUT2D eigenvalue weighted by Gasteiger charge is -2.20. The molecule has 2 rings (SSSR count). The zero-order valence-electron chi connectivity index (χ0n) is 8.88. The summed E-state index contributed by atoms with van der Waals surface area (Å²) in [5.41, 5.74) is 0.956. The maximum absolute atomic E-state index is 8.69. The summed E-state index contributed by atoms with van der Waals surface area (Å²) in [5, 5.41) is 9.06. The number of benzene rings is 1. The fourth-order valence-corrected chi connectivity index (χ4v) is 2.20. The number of hydrogen-bond donors (Lipinski definition) is 0. The summed E-state index contributed by atoms with van der Waals surface area (Å²) < 4.78 is 8.10. The van der Waals surface area contributed by atoms with Crippen molar-refractivity contribution in [1.29, 1.82) is 5.26 Å². The van der Waals surface area contributed by atoms with Crippen LogP contribution in [0.2, 0.25) is 5.15 Å². The first-order valence-electron chi connectivity index (χ1n) is 5.00. The van der Waals surface area contributed by atoms with Crippen molar-refractivity contribution < 1.29 is 0 Å². The van der Waals surface area contributed by atoms with E-state index in [-0.39, 0.29) is 0 Å². The average molecular weight is 265 g/mol. The van der Waals surface area contributed by atoms with Crippen LogP contribution in [0.25, 0.3) is 0 Å². The summed E-state index contributed by atoms with van der Waals surface area (Å²) in [5.74, 6) is 0.609. The fraction of sp³-hybridized carbons (Fsp3) is 0.182. The fourth-order valence-electron chi connectivity index (χ4n) is 1.46. The molecule has 0 aliphatic heterocycles. The molecule has 0 bridgehead atoms. The molecule has 1 heterocycles. The molecule has 6 heteroatoms. The second-order valence-electron chi connectivity index (χ2n) is 3.27. The lowest BCUT2D eigenvalue weighted by molar-refractivity contribution is 0.936. The number of rotatable bonds is 4. The highest BCUT2D eigenvalue weighted by atomic mass is 35.5. The highest BCUT2D eigenvalue weighted by Gasteiger charge is 2.15. The third kappa shape index (κ3) is 2.73.